The summed E-state index contributed by atoms with van der Waals surface area (Å²) in [6, 6.07) is 13.6. The van der Waals surface area contributed by atoms with Gasteiger partial charge in [-0.05, 0) is 61.0 Å². The van der Waals surface area contributed by atoms with Crippen LogP contribution < -0.4 is 15.6 Å². The Morgan fingerprint density at radius 1 is 1.05 bits per heavy atom. The van der Waals surface area contributed by atoms with Gasteiger partial charge in [0.25, 0.3) is 5.91 Å². The van der Waals surface area contributed by atoms with Gasteiger partial charge in [-0.3, -0.25) is 4.79 Å². The molecule has 1 unspecified atom stereocenters. The molecule has 1 fully saturated rings. The molecule has 3 aromatic carbocycles. The van der Waals surface area contributed by atoms with Gasteiger partial charge in [0.15, 0.2) is 0 Å². The van der Waals surface area contributed by atoms with Crippen LogP contribution in [0, 0.1) is 11.6 Å². The van der Waals surface area contributed by atoms with Crippen LogP contribution in [-0.4, -0.2) is 79.3 Å². The molecule has 41 heavy (non-hydrogen) atoms. The Morgan fingerprint density at radius 3 is 2.54 bits per heavy atom. The number of benzene rings is 3. The minimum Gasteiger partial charge on any atom is -0.385 e. The molecule has 0 radical (unpaired) electrons. The lowest BCUT2D eigenvalue weighted by Gasteiger charge is -2.36. The number of halogens is 2. The SMILES string of the molecule is COCCCNc1cccc(C(=O)Nn2ncc3cc(C(O)c4cc(F)cc(F)c4)ccc32)c1N1CCN(C)CC1. The van der Waals surface area contributed by atoms with E-state index in [4.69, 9.17) is 4.74 Å². The molecular weight excluding hydrogens is 530 g/mol. The number of methoxy groups -OCH3 is 1. The lowest BCUT2D eigenvalue weighted by Crippen LogP contribution is -2.45. The van der Waals surface area contributed by atoms with Gasteiger partial charge in [0.1, 0.15) is 17.7 Å². The zero-order chi connectivity index (χ0) is 28.9. The highest BCUT2D eigenvalue weighted by Gasteiger charge is 2.24. The summed E-state index contributed by atoms with van der Waals surface area (Å²) in [6.07, 6.45) is 1.17. The van der Waals surface area contributed by atoms with E-state index >= 15 is 0 Å². The third-order valence-corrected chi connectivity index (χ3v) is 7.26. The number of likely N-dealkylation sites (N-methyl/N-ethyl adjacent to an activating group) is 1. The van der Waals surface area contributed by atoms with Crippen LogP contribution in [0.15, 0.2) is 60.8 Å². The predicted molar refractivity (Wildman–Crippen MR) is 155 cm³/mol. The summed E-state index contributed by atoms with van der Waals surface area (Å²) >= 11 is 0. The molecule has 3 N–H and O–H groups in total. The number of aromatic nitrogens is 2. The average Bonchev–Trinajstić information content (AvgIpc) is 3.36. The van der Waals surface area contributed by atoms with Crippen molar-refractivity contribution >= 4 is 28.2 Å². The Morgan fingerprint density at radius 2 is 1.80 bits per heavy atom. The fourth-order valence-electron chi connectivity index (χ4n) is 5.07. The zero-order valence-electron chi connectivity index (χ0n) is 23.1. The summed E-state index contributed by atoms with van der Waals surface area (Å²) in [4.78, 5) is 19.6. The Kier molecular flexibility index (Phi) is 8.77. The third-order valence-electron chi connectivity index (χ3n) is 7.26. The molecule has 1 aliphatic heterocycles. The first-order chi connectivity index (χ1) is 19.8. The van der Waals surface area contributed by atoms with E-state index in [0.717, 1.165) is 62.2 Å². The van der Waals surface area contributed by atoms with Gasteiger partial charge in [-0.25, -0.2) is 14.2 Å². The summed E-state index contributed by atoms with van der Waals surface area (Å²) < 4.78 is 32.5. The van der Waals surface area contributed by atoms with Crippen LogP contribution in [-0.2, 0) is 4.74 Å². The Labute approximate surface area is 237 Å². The van der Waals surface area contributed by atoms with Gasteiger partial charge < -0.3 is 25.0 Å². The van der Waals surface area contributed by atoms with Crippen molar-refractivity contribution in [3.05, 3.63) is 89.1 Å². The highest BCUT2D eigenvalue weighted by Crippen LogP contribution is 2.32. The van der Waals surface area contributed by atoms with E-state index in [1.54, 1.807) is 31.5 Å². The molecule has 0 saturated carbocycles. The number of hydrogen-bond acceptors (Lipinski definition) is 7. The van der Waals surface area contributed by atoms with Crippen molar-refractivity contribution in [2.75, 3.05) is 69.1 Å². The van der Waals surface area contributed by atoms with Gasteiger partial charge >= 0.3 is 0 Å². The van der Waals surface area contributed by atoms with E-state index in [1.165, 1.54) is 4.79 Å². The fraction of sp³-hybridized carbons (Fsp3) is 0.333. The fourth-order valence-corrected chi connectivity index (χ4v) is 5.07. The number of nitrogens with zero attached hydrogens (tertiary/aromatic N) is 4. The number of aliphatic hydroxyl groups excluding tert-OH is 1. The molecule has 2 heterocycles. The van der Waals surface area contributed by atoms with E-state index in [9.17, 15) is 18.7 Å². The van der Waals surface area contributed by atoms with Crippen molar-refractivity contribution in [3.8, 4) is 0 Å². The van der Waals surface area contributed by atoms with E-state index in [0.29, 0.717) is 35.2 Å². The molecule has 1 aliphatic rings. The van der Waals surface area contributed by atoms with Crippen LogP contribution in [0.1, 0.15) is 34.0 Å². The number of piperazine rings is 1. The molecule has 9 nitrogen and oxygen atoms in total. The molecule has 4 aromatic rings. The van der Waals surface area contributed by atoms with Gasteiger partial charge in [-0.2, -0.15) is 9.89 Å². The Hall–Kier alpha value is -4.06. The quantitative estimate of drug-likeness (QED) is 0.251. The summed E-state index contributed by atoms with van der Waals surface area (Å²) in [5.41, 5.74) is 6.30. The maximum Gasteiger partial charge on any atom is 0.273 e. The molecule has 1 atom stereocenters. The van der Waals surface area contributed by atoms with Gasteiger partial charge in [0.05, 0.1) is 28.7 Å². The molecule has 0 spiro atoms. The summed E-state index contributed by atoms with van der Waals surface area (Å²) in [5, 5.41) is 19.2. The normalized spacial score (nSPS) is 14.8. The molecule has 5 rings (SSSR count). The lowest BCUT2D eigenvalue weighted by atomic mass is 10.0. The number of rotatable bonds is 10. The molecule has 1 amide bonds. The minimum absolute atomic E-state index is 0.106. The number of anilines is 2. The maximum absolute atomic E-state index is 13.7. The number of carbonyl (C=O) groups is 1. The minimum atomic E-state index is -1.23. The Bertz CT molecular complexity index is 1500. The van der Waals surface area contributed by atoms with E-state index in [-0.39, 0.29) is 11.5 Å². The van der Waals surface area contributed by atoms with E-state index in [2.05, 4.69) is 32.7 Å². The number of hydrogen-bond donors (Lipinski definition) is 3. The smallest absolute Gasteiger partial charge is 0.273 e. The van der Waals surface area contributed by atoms with E-state index in [1.807, 2.05) is 18.2 Å². The molecular formula is C30H34F2N6O3. The number of nitrogens with one attached hydrogen (secondary N) is 2. The molecule has 216 valence electrons. The number of carbonyl (C=O) groups excluding carboxylic acids is 1. The standard InChI is InChI=1S/C30H34F2N6O3/c1-36-10-12-37(13-11-36)28-25(5-3-6-26(28)33-9-4-14-41-2)30(40)35-38-27-8-7-20(15-22(27)19-34-38)29(39)21-16-23(31)18-24(32)17-21/h3,5-8,15-19,29,33,39H,4,9-14H2,1-2H3,(H,35,40). The first-order valence-corrected chi connectivity index (χ1v) is 13.6. The highest BCUT2D eigenvalue weighted by atomic mass is 19.1. The second-order valence-electron chi connectivity index (χ2n) is 10.2. The van der Waals surface area contributed by atoms with Crippen LogP contribution >= 0.6 is 0 Å². The molecule has 0 bridgehead atoms. The van der Waals surface area contributed by atoms with Crippen molar-refractivity contribution in [3.63, 3.8) is 0 Å². The van der Waals surface area contributed by atoms with Gasteiger partial charge in [-0.15, -0.1) is 0 Å². The maximum atomic E-state index is 13.7. The zero-order valence-corrected chi connectivity index (χ0v) is 23.1. The number of ether oxygens (including phenoxy) is 1. The summed E-state index contributed by atoms with van der Waals surface area (Å²) in [6.45, 7) is 4.71. The molecule has 1 saturated heterocycles. The van der Waals surface area contributed by atoms with Crippen LogP contribution in [0.25, 0.3) is 10.9 Å². The number of fused-ring (bicyclic) bond motifs is 1. The van der Waals surface area contributed by atoms with Gasteiger partial charge in [-0.1, -0.05) is 12.1 Å². The first kappa shape index (κ1) is 28.5. The first-order valence-electron chi connectivity index (χ1n) is 13.6. The summed E-state index contributed by atoms with van der Waals surface area (Å²) in [7, 11) is 3.76. The molecule has 11 heteroatoms. The van der Waals surface area contributed by atoms with Crippen molar-refractivity contribution in [2.24, 2.45) is 0 Å². The lowest BCUT2D eigenvalue weighted by molar-refractivity contribution is 0.101. The van der Waals surface area contributed by atoms with Gasteiger partial charge in [0, 0.05) is 57.9 Å². The van der Waals surface area contributed by atoms with Crippen LogP contribution in [0.4, 0.5) is 20.2 Å². The van der Waals surface area contributed by atoms with Gasteiger partial charge in [0.2, 0.25) is 0 Å². The van der Waals surface area contributed by atoms with Crippen molar-refractivity contribution in [1.82, 2.24) is 14.8 Å². The Balaban J connectivity index is 1.40. The van der Waals surface area contributed by atoms with Crippen molar-refractivity contribution < 1.29 is 23.4 Å². The average molecular weight is 565 g/mol. The second kappa shape index (κ2) is 12.6. The van der Waals surface area contributed by atoms with Crippen molar-refractivity contribution in [2.45, 2.75) is 12.5 Å². The number of aliphatic hydroxyl groups is 1. The topological polar surface area (TPSA) is 94.9 Å². The monoisotopic (exact) mass is 564 g/mol. The largest absolute Gasteiger partial charge is 0.385 e. The van der Waals surface area contributed by atoms with Crippen LogP contribution in [0.3, 0.4) is 0 Å². The molecule has 1 aromatic heterocycles. The van der Waals surface area contributed by atoms with Crippen molar-refractivity contribution in [1.29, 1.82) is 0 Å². The molecule has 0 aliphatic carbocycles. The second-order valence-corrected chi connectivity index (χ2v) is 10.2. The summed E-state index contributed by atoms with van der Waals surface area (Å²) in [5.74, 6) is -1.84. The van der Waals surface area contributed by atoms with Crippen LogP contribution in [0.2, 0.25) is 0 Å². The van der Waals surface area contributed by atoms with Crippen LogP contribution in [0.5, 0.6) is 0 Å². The highest BCUT2D eigenvalue weighted by molar-refractivity contribution is 6.07. The van der Waals surface area contributed by atoms with E-state index < -0.39 is 17.7 Å². The number of amides is 1. The predicted octanol–water partition coefficient (Wildman–Crippen LogP) is 3.98. The third kappa shape index (κ3) is 6.48. The number of para-hydroxylation sites is 1.